The highest BCUT2D eigenvalue weighted by Gasteiger charge is 2.23. The lowest BCUT2D eigenvalue weighted by atomic mass is 10.1. The second-order valence-electron chi connectivity index (χ2n) is 7.03. The standard InChI is InChI=1S/C21H22N4O4/c1-13-10-16(11-14(2)22-13)20-18-6-8-29-9-7-24(18)21(23-20)15-4-5-17(25(26)27)19(12-15)28-3/h4-5,10-12H,6-9H2,1-3H3. The molecule has 1 aromatic carbocycles. The third-order valence-electron chi connectivity index (χ3n) is 5.00. The van der Waals surface area contributed by atoms with Crippen LogP contribution >= 0.6 is 0 Å². The Morgan fingerprint density at radius 2 is 1.86 bits per heavy atom. The van der Waals surface area contributed by atoms with Crippen molar-refractivity contribution in [2.24, 2.45) is 0 Å². The second-order valence-corrected chi connectivity index (χ2v) is 7.03. The first kappa shape index (κ1) is 19.1. The van der Waals surface area contributed by atoms with Gasteiger partial charge in [-0.25, -0.2) is 4.98 Å². The van der Waals surface area contributed by atoms with Crippen LogP contribution < -0.4 is 4.74 Å². The minimum absolute atomic E-state index is 0.0668. The number of benzene rings is 1. The molecular weight excluding hydrogens is 372 g/mol. The Kier molecular flexibility index (Phi) is 5.02. The zero-order valence-electron chi connectivity index (χ0n) is 16.6. The number of hydrogen-bond donors (Lipinski definition) is 0. The smallest absolute Gasteiger partial charge is 0.310 e. The van der Waals surface area contributed by atoms with Gasteiger partial charge in [0.05, 0.1) is 30.9 Å². The van der Waals surface area contributed by atoms with Crippen molar-refractivity contribution in [1.29, 1.82) is 0 Å². The van der Waals surface area contributed by atoms with Gasteiger partial charge in [0.25, 0.3) is 0 Å². The average Bonchev–Trinajstić information content (AvgIpc) is 2.87. The monoisotopic (exact) mass is 394 g/mol. The molecule has 0 spiro atoms. The largest absolute Gasteiger partial charge is 0.490 e. The Morgan fingerprint density at radius 3 is 2.55 bits per heavy atom. The third-order valence-corrected chi connectivity index (χ3v) is 5.00. The zero-order chi connectivity index (χ0) is 20.5. The number of methoxy groups -OCH3 is 1. The fraction of sp³-hybridized carbons (Fsp3) is 0.333. The normalized spacial score (nSPS) is 13.6. The molecule has 0 amide bonds. The topological polar surface area (TPSA) is 92.3 Å². The molecule has 150 valence electrons. The van der Waals surface area contributed by atoms with E-state index in [1.807, 2.05) is 26.0 Å². The molecular formula is C21H22N4O4. The van der Waals surface area contributed by atoms with E-state index in [9.17, 15) is 10.1 Å². The Hall–Kier alpha value is -3.26. The second kappa shape index (κ2) is 7.63. The lowest BCUT2D eigenvalue weighted by molar-refractivity contribution is -0.385. The average molecular weight is 394 g/mol. The minimum atomic E-state index is -0.448. The predicted octanol–water partition coefficient (Wildman–Crippen LogP) is 3.72. The van der Waals surface area contributed by atoms with Gasteiger partial charge < -0.3 is 14.0 Å². The zero-order valence-corrected chi connectivity index (χ0v) is 16.6. The fourth-order valence-corrected chi connectivity index (χ4v) is 3.80. The van der Waals surface area contributed by atoms with Gasteiger partial charge in [0.2, 0.25) is 0 Å². The van der Waals surface area contributed by atoms with Crippen molar-refractivity contribution in [3.63, 3.8) is 0 Å². The lowest BCUT2D eigenvalue weighted by Gasteiger charge is -2.10. The van der Waals surface area contributed by atoms with Gasteiger partial charge in [-0.3, -0.25) is 15.1 Å². The number of aromatic nitrogens is 3. The highest BCUT2D eigenvalue weighted by Crippen LogP contribution is 2.35. The first-order valence-corrected chi connectivity index (χ1v) is 9.43. The summed E-state index contributed by atoms with van der Waals surface area (Å²) in [5, 5.41) is 11.2. The highest BCUT2D eigenvalue weighted by atomic mass is 16.6. The van der Waals surface area contributed by atoms with E-state index in [2.05, 4.69) is 9.55 Å². The quantitative estimate of drug-likeness (QED) is 0.495. The molecule has 8 nitrogen and oxygen atoms in total. The summed E-state index contributed by atoms with van der Waals surface area (Å²) in [6.45, 7) is 5.83. The van der Waals surface area contributed by atoms with Crippen LogP contribution in [0.2, 0.25) is 0 Å². The SMILES string of the molecule is COc1cc(-c2nc(-c3cc(C)nc(C)c3)c3n2CCOCC3)ccc1[N+](=O)[O-]. The van der Waals surface area contributed by atoms with Gasteiger partial charge in [0.1, 0.15) is 5.82 Å². The van der Waals surface area contributed by atoms with Crippen molar-refractivity contribution in [3.8, 4) is 28.4 Å². The maximum atomic E-state index is 11.2. The van der Waals surface area contributed by atoms with E-state index in [0.717, 1.165) is 46.1 Å². The molecule has 8 heteroatoms. The van der Waals surface area contributed by atoms with Gasteiger partial charge in [-0.15, -0.1) is 0 Å². The van der Waals surface area contributed by atoms with Crippen molar-refractivity contribution in [2.45, 2.75) is 26.8 Å². The van der Waals surface area contributed by atoms with Crippen LogP contribution in [0.25, 0.3) is 22.6 Å². The van der Waals surface area contributed by atoms with E-state index in [1.165, 1.54) is 13.2 Å². The van der Waals surface area contributed by atoms with E-state index in [1.54, 1.807) is 12.1 Å². The number of nitro benzene ring substituents is 1. The van der Waals surface area contributed by atoms with Gasteiger partial charge in [0, 0.05) is 47.2 Å². The molecule has 29 heavy (non-hydrogen) atoms. The maximum Gasteiger partial charge on any atom is 0.310 e. The summed E-state index contributed by atoms with van der Waals surface area (Å²) < 4.78 is 13.1. The summed E-state index contributed by atoms with van der Waals surface area (Å²) in [6.07, 6.45) is 0.743. The van der Waals surface area contributed by atoms with Gasteiger partial charge in [-0.2, -0.15) is 0 Å². The number of rotatable bonds is 4. The molecule has 2 aromatic heterocycles. The fourth-order valence-electron chi connectivity index (χ4n) is 3.80. The van der Waals surface area contributed by atoms with Gasteiger partial charge >= 0.3 is 5.69 Å². The van der Waals surface area contributed by atoms with Crippen molar-refractivity contribution in [2.75, 3.05) is 20.3 Å². The van der Waals surface area contributed by atoms with Crippen LogP contribution in [0.1, 0.15) is 17.1 Å². The number of nitro groups is 1. The van der Waals surface area contributed by atoms with Crippen molar-refractivity contribution >= 4 is 5.69 Å². The van der Waals surface area contributed by atoms with Crippen molar-refractivity contribution in [1.82, 2.24) is 14.5 Å². The third kappa shape index (κ3) is 3.58. The van der Waals surface area contributed by atoms with Gasteiger partial charge in [-0.05, 0) is 38.1 Å². The van der Waals surface area contributed by atoms with E-state index < -0.39 is 4.92 Å². The highest BCUT2D eigenvalue weighted by molar-refractivity contribution is 5.71. The molecule has 1 aliphatic heterocycles. The molecule has 0 fully saturated rings. The van der Waals surface area contributed by atoms with Crippen LogP contribution in [-0.4, -0.2) is 39.8 Å². The van der Waals surface area contributed by atoms with Crippen LogP contribution in [0.4, 0.5) is 5.69 Å². The molecule has 0 saturated carbocycles. The molecule has 0 radical (unpaired) electrons. The first-order valence-electron chi connectivity index (χ1n) is 9.43. The number of hydrogen-bond acceptors (Lipinski definition) is 6. The van der Waals surface area contributed by atoms with Crippen LogP contribution in [-0.2, 0) is 17.7 Å². The molecule has 3 aromatic rings. The number of aryl methyl sites for hydroxylation is 2. The lowest BCUT2D eigenvalue weighted by Crippen LogP contribution is -2.06. The molecule has 0 saturated heterocycles. The summed E-state index contributed by atoms with van der Waals surface area (Å²) in [4.78, 5) is 20.2. The maximum absolute atomic E-state index is 11.2. The summed E-state index contributed by atoms with van der Waals surface area (Å²) >= 11 is 0. The van der Waals surface area contributed by atoms with E-state index >= 15 is 0 Å². The molecule has 0 atom stereocenters. The number of fused-ring (bicyclic) bond motifs is 1. The Labute approximate surface area is 168 Å². The first-order chi connectivity index (χ1) is 14.0. The van der Waals surface area contributed by atoms with E-state index in [0.29, 0.717) is 19.8 Å². The molecule has 4 rings (SSSR count). The van der Waals surface area contributed by atoms with Crippen molar-refractivity contribution in [3.05, 3.63) is 57.5 Å². The van der Waals surface area contributed by atoms with E-state index in [-0.39, 0.29) is 11.4 Å². The summed E-state index contributed by atoms with van der Waals surface area (Å²) in [5.41, 5.74) is 5.58. The number of pyridine rings is 1. The molecule has 1 aliphatic rings. The number of ether oxygens (including phenoxy) is 2. The van der Waals surface area contributed by atoms with Gasteiger partial charge in [-0.1, -0.05) is 0 Å². The Balaban J connectivity index is 1.91. The molecule has 0 aliphatic carbocycles. The molecule has 0 bridgehead atoms. The summed E-state index contributed by atoms with van der Waals surface area (Å²) in [5.74, 6) is 0.965. The summed E-state index contributed by atoms with van der Waals surface area (Å²) in [7, 11) is 1.43. The summed E-state index contributed by atoms with van der Waals surface area (Å²) in [6, 6.07) is 8.91. The Bertz CT molecular complexity index is 1070. The van der Waals surface area contributed by atoms with Crippen LogP contribution in [0.15, 0.2) is 30.3 Å². The Morgan fingerprint density at radius 1 is 1.10 bits per heavy atom. The molecule has 3 heterocycles. The number of imidazole rings is 1. The molecule has 0 N–H and O–H groups in total. The van der Waals surface area contributed by atoms with Gasteiger partial charge in [0.15, 0.2) is 5.75 Å². The van der Waals surface area contributed by atoms with E-state index in [4.69, 9.17) is 14.5 Å². The predicted molar refractivity (Wildman–Crippen MR) is 108 cm³/mol. The van der Waals surface area contributed by atoms with Crippen LogP contribution in [0, 0.1) is 24.0 Å². The minimum Gasteiger partial charge on any atom is -0.490 e. The molecule has 0 unspecified atom stereocenters. The number of nitrogens with zero attached hydrogens (tertiary/aromatic N) is 4. The van der Waals surface area contributed by atoms with Crippen molar-refractivity contribution < 1.29 is 14.4 Å². The van der Waals surface area contributed by atoms with Crippen LogP contribution in [0.3, 0.4) is 0 Å². The van der Waals surface area contributed by atoms with Crippen LogP contribution in [0.5, 0.6) is 5.75 Å².